The molecule has 0 heterocycles. The van der Waals surface area contributed by atoms with E-state index in [0.717, 1.165) is 6.42 Å². The number of nitrogens with zero attached hydrogens (tertiary/aromatic N) is 2. The standard InChI is InChI=1S/C14H27N3O.HI/c1-9(2)18-12-8-11(14(12,3)4)16-13(15)17(5)10-6-7-10;/h9-12H,6-8H2,1-5H3,(H2,15,16);1H. The van der Waals surface area contributed by atoms with Crippen molar-refractivity contribution in [2.45, 2.75) is 71.2 Å². The maximum Gasteiger partial charge on any atom is 0.191 e. The molecule has 2 aliphatic rings. The Bertz CT molecular complexity index is 340. The Hall–Kier alpha value is -0.0400. The minimum atomic E-state index is 0. The third-order valence-electron chi connectivity index (χ3n) is 4.31. The fourth-order valence-corrected chi connectivity index (χ4v) is 2.54. The van der Waals surface area contributed by atoms with Crippen molar-refractivity contribution < 1.29 is 4.74 Å². The van der Waals surface area contributed by atoms with E-state index in [1.54, 1.807) is 0 Å². The lowest BCUT2D eigenvalue weighted by molar-refractivity contribution is -0.129. The van der Waals surface area contributed by atoms with Gasteiger partial charge in [-0.1, -0.05) is 13.8 Å². The Balaban J connectivity index is 0.00000180. The highest BCUT2D eigenvalue weighted by atomic mass is 127. The predicted molar refractivity (Wildman–Crippen MR) is 90.0 cm³/mol. The maximum absolute atomic E-state index is 6.07. The molecule has 0 saturated heterocycles. The normalized spacial score (nSPS) is 29.7. The van der Waals surface area contributed by atoms with Gasteiger partial charge in [0.25, 0.3) is 0 Å². The summed E-state index contributed by atoms with van der Waals surface area (Å²) in [6.07, 6.45) is 4.08. The molecular weight excluding hydrogens is 353 g/mol. The van der Waals surface area contributed by atoms with E-state index in [0.29, 0.717) is 24.1 Å². The second-order valence-corrected chi connectivity index (χ2v) is 6.58. The molecule has 5 heteroatoms. The number of hydrogen-bond acceptors (Lipinski definition) is 2. The van der Waals surface area contributed by atoms with Crippen LogP contribution in [0.3, 0.4) is 0 Å². The van der Waals surface area contributed by atoms with Crippen molar-refractivity contribution in [1.29, 1.82) is 0 Å². The van der Waals surface area contributed by atoms with Gasteiger partial charge in [-0.25, -0.2) is 4.99 Å². The molecule has 19 heavy (non-hydrogen) atoms. The van der Waals surface area contributed by atoms with Crippen molar-refractivity contribution in [1.82, 2.24) is 4.90 Å². The summed E-state index contributed by atoms with van der Waals surface area (Å²) >= 11 is 0. The van der Waals surface area contributed by atoms with Gasteiger partial charge in [0, 0.05) is 18.5 Å². The van der Waals surface area contributed by atoms with Gasteiger partial charge in [0.05, 0.1) is 18.2 Å². The molecule has 112 valence electrons. The van der Waals surface area contributed by atoms with Crippen LogP contribution in [0.1, 0.15) is 47.0 Å². The topological polar surface area (TPSA) is 50.9 Å². The van der Waals surface area contributed by atoms with Crippen LogP contribution >= 0.6 is 24.0 Å². The minimum Gasteiger partial charge on any atom is -0.375 e. The van der Waals surface area contributed by atoms with E-state index < -0.39 is 0 Å². The molecule has 2 unspecified atom stereocenters. The molecule has 0 spiro atoms. The van der Waals surface area contributed by atoms with Crippen molar-refractivity contribution in [3.8, 4) is 0 Å². The average Bonchev–Trinajstić information content (AvgIpc) is 3.09. The van der Waals surface area contributed by atoms with Crippen LogP contribution in [0.2, 0.25) is 0 Å². The zero-order valence-corrected chi connectivity index (χ0v) is 15.0. The number of guanidine groups is 1. The summed E-state index contributed by atoms with van der Waals surface area (Å²) in [5.74, 6) is 0.693. The van der Waals surface area contributed by atoms with Crippen LogP contribution < -0.4 is 5.73 Å². The Morgan fingerprint density at radius 2 is 1.95 bits per heavy atom. The van der Waals surface area contributed by atoms with E-state index in [9.17, 15) is 0 Å². The van der Waals surface area contributed by atoms with Crippen molar-refractivity contribution in [2.24, 2.45) is 16.1 Å². The van der Waals surface area contributed by atoms with E-state index in [1.165, 1.54) is 12.8 Å². The molecule has 2 aliphatic carbocycles. The lowest BCUT2D eigenvalue weighted by Crippen LogP contribution is -2.55. The first-order valence-corrected chi connectivity index (χ1v) is 7.04. The molecule has 0 bridgehead atoms. The SMILES string of the molecule is CC(C)OC1CC(N=C(N)N(C)C2CC2)C1(C)C.I. The summed E-state index contributed by atoms with van der Waals surface area (Å²) in [7, 11) is 2.05. The largest absolute Gasteiger partial charge is 0.375 e. The quantitative estimate of drug-likeness (QED) is 0.463. The molecule has 0 amide bonds. The van der Waals surface area contributed by atoms with Crippen molar-refractivity contribution >= 4 is 29.9 Å². The Morgan fingerprint density at radius 1 is 1.37 bits per heavy atom. The molecule has 2 fully saturated rings. The van der Waals surface area contributed by atoms with Gasteiger partial charge in [0.15, 0.2) is 5.96 Å². The van der Waals surface area contributed by atoms with Gasteiger partial charge in [-0.3, -0.25) is 0 Å². The zero-order chi connectivity index (χ0) is 13.5. The average molecular weight is 381 g/mol. The highest BCUT2D eigenvalue weighted by Gasteiger charge is 2.49. The van der Waals surface area contributed by atoms with Gasteiger partial charge in [0.2, 0.25) is 0 Å². The molecule has 2 N–H and O–H groups in total. The van der Waals surface area contributed by atoms with Gasteiger partial charge in [-0.15, -0.1) is 24.0 Å². The number of halogens is 1. The van der Waals surface area contributed by atoms with Crippen molar-refractivity contribution in [3.63, 3.8) is 0 Å². The molecule has 0 aromatic carbocycles. The summed E-state index contributed by atoms with van der Waals surface area (Å²) < 4.78 is 5.91. The van der Waals surface area contributed by atoms with Crippen molar-refractivity contribution in [2.75, 3.05) is 7.05 Å². The first-order chi connectivity index (χ1) is 8.32. The summed E-state index contributed by atoms with van der Waals surface area (Å²) in [5, 5.41) is 0. The third-order valence-corrected chi connectivity index (χ3v) is 4.31. The Morgan fingerprint density at radius 3 is 2.37 bits per heavy atom. The van der Waals surface area contributed by atoms with Crippen LogP contribution in [0.15, 0.2) is 4.99 Å². The second kappa shape index (κ2) is 6.16. The summed E-state index contributed by atoms with van der Waals surface area (Å²) in [6, 6.07) is 0.919. The summed E-state index contributed by atoms with van der Waals surface area (Å²) in [4.78, 5) is 6.81. The van der Waals surface area contributed by atoms with Gasteiger partial charge in [-0.05, 0) is 33.1 Å². The van der Waals surface area contributed by atoms with E-state index in [1.807, 2.05) is 7.05 Å². The van der Waals surface area contributed by atoms with Crippen LogP contribution in [0.5, 0.6) is 0 Å². The predicted octanol–water partition coefficient (Wildman–Crippen LogP) is 2.61. The minimum absolute atomic E-state index is 0. The molecule has 2 atom stereocenters. The van der Waals surface area contributed by atoms with Gasteiger partial charge < -0.3 is 15.4 Å². The molecule has 2 saturated carbocycles. The third kappa shape index (κ3) is 3.74. The van der Waals surface area contributed by atoms with Gasteiger partial charge in [0.1, 0.15) is 0 Å². The van der Waals surface area contributed by atoms with Gasteiger partial charge in [-0.2, -0.15) is 0 Å². The maximum atomic E-state index is 6.07. The molecule has 0 aliphatic heterocycles. The molecule has 0 radical (unpaired) electrons. The first-order valence-electron chi connectivity index (χ1n) is 7.04. The number of ether oxygens (including phenoxy) is 1. The van der Waals surface area contributed by atoms with Crippen LogP contribution in [0.25, 0.3) is 0 Å². The lowest BCUT2D eigenvalue weighted by Gasteiger charge is -2.50. The van der Waals surface area contributed by atoms with Crippen LogP contribution in [0.4, 0.5) is 0 Å². The smallest absolute Gasteiger partial charge is 0.191 e. The first kappa shape index (κ1) is 17.0. The molecule has 2 rings (SSSR count). The molecule has 0 aromatic heterocycles. The van der Waals surface area contributed by atoms with E-state index in [-0.39, 0.29) is 35.5 Å². The molecule has 0 aromatic rings. The number of hydrogen-bond donors (Lipinski definition) is 1. The van der Waals surface area contributed by atoms with Crippen LogP contribution in [-0.4, -0.2) is 42.2 Å². The fraction of sp³-hybridized carbons (Fsp3) is 0.929. The van der Waals surface area contributed by atoms with Gasteiger partial charge >= 0.3 is 0 Å². The van der Waals surface area contributed by atoms with Crippen molar-refractivity contribution in [3.05, 3.63) is 0 Å². The summed E-state index contributed by atoms with van der Waals surface area (Å²) in [6.45, 7) is 8.62. The number of rotatable bonds is 4. The molecular formula is C14H28IN3O. The zero-order valence-electron chi connectivity index (χ0n) is 12.7. The highest BCUT2D eigenvalue weighted by molar-refractivity contribution is 14.0. The fourth-order valence-electron chi connectivity index (χ4n) is 2.54. The second-order valence-electron chi connectivity index (χ2n) is 6.58. The number of nitrogens with two attached hydrogens (primary N) is 1. The lowest BCUT2D eigenvalue weighted by atomic mass is 9.64. The molecule has 4 nitrogen and oxygen atoms in total. The van der Waals surface area contributed by atoms with E-state index in [4.69, 9.17) is 15.5 Å². The van der Waals surface area contributed by atoms with E-state index in [2.05, 4.69) is 32.6 Å². The van der Waals surface area contributed by atoms with E-state index >= 15 is 0 Å². The van der Waals surface area contributed by atoms with Crippen LogP contribution in [-0.2, 0) is 4.74 Å². The van der Waals surface area contributed by atoms with Crippen LogP contribution in [0, 0.1) is 5.41 Å². The highest BCUT2D eigenvalue weighted by Crippen LogP contribution is 2.45. The number of aliphatic imine (C=N–C) groups is 1. The Labute approximate surface area is 134 Å². The monoisotopic (exact) mass is 381 g/mol. The summed E-state index contributed by atoms with van der Waals surface area (Å²) in [5.41, 5.74) is 6.17. The Kier molecular flexibility index (Phi) is 5.52.